The maximum atomic E-state index is 12.4. The average Bonchev–Trinajstić information content (AvgIpc) is 2.54. The van der Waals surface area contributed by atoms with Crippen LogP contribution < -0.4 is 10.2 Å². The van der Waals surface area contributed by atoms with Crippen LogP contribution in [0.25, 0.3) is 0 Å². The van der Waals surface area contributed by atoms with Crippen LogP contribution in [-0.2, 0) is 11.2 Å². The summed E-state index contributed by atoms with van der Waals surface area (Å²) in [5.74, 6) is -0.145. The number of benzene rings is 2. The third-order valence-electron chi connectivity index (χ3n) is 3.98. The van der Waals surface area contributed by atoms with Gasteiger partial charge in [0.2, 0.25) is 5.91 Å². The van der Waals surface area contributed by atoms with E-state index >= 15 is 0 Å². The second-order valence-corrected chi connectivity index (χ2v) is 6.47. The number of rotatable bonds is 3. The van der Waals surface area contributed by atoms with E-state index in [-0.39, 0.29) is 11.8 Å². The predicted molar refractivity (Wildman–Crippen MR) is 97.2 cm³/mol. The van der Waals surface area contributed by atoms with E-state index in [1.54, 1.807) is 29.2 Å². The van der Waals surface area contributed by atoms with Gasteiger partial charge in [0.15, 0.2) is 0 Å². The minimum Gasteiger partial charge on any atom is -0.322 e. The van der Waals surface area contributed by atoms with Gasteiger partial charge in [-0.2, -0.15) is 0 Å². The highest BCUT2D eigenvalue weighted by Crippen LogP contribution is 2.30. The second-order valence-electron chi connectivity index (χ2n) is 5.59. The zero-order chi connectivity index (χ0) is 17.3. The van der Waals surface area contributed by atoms with Crippen LogP contribution in [-0.4, -0.2) is 18.4 Å². The lowest BCUT2D eigenvalue weighted by atomic mass is 10.0. The van der Waals surface area contributed by atoms with Crippen molar-refractivity contribution in [3.8, 4) is 0 Å². The molecule has 2 aromatic rings. The van der Waals surface area contributed by atoms with Gasteiger partial charge in [0.05, 0.1) is 0 Å². The first-order valence-electron chi connectivity index (χ1n) is 7.68. The lowest BCUT2D eigenvalue weighted by molar-refractivity contribution is -0.118. The molecule has 1 heterocycles. The fraction of sp³-hybridized carbons (Fsp3) is 0.222. The summed E-state index contributed by atoms with van der Waals surface area (Å²) >= 11 is 11.9. The molecule has 0 spiro atoms. The van der Waals surface area contributed by atoms with Crippen molar-refractivity contribution in [1.82, 2.24) is 0 Å². The maximum absolute atomic E-state index is 12.4. The number of carbonyl (C=O) groups is 2. The van der Waals surface area contributed by atoms with Gasteiger partial charge < -0.3 is 10.2 Å². The van der Waals surface area contributed by atoms with Crippen LogP contribution in [0.3, 0.4) is 0 Å². The van der Waals surface area contributed by atoms with Gasteiger partial charge in [-0.1, -0.05) is 23.2 Å². The minimum atomic E-state index is -0.279. The molecule has 0 radical (unpaired) electrons. The molecule has 3 rings (SSSR count). The van der Waals surface area contributed by atoms with Crippen molar-refractivity contribution in [1.29, 1.82) is 0 Å². The first kappa shape index (κ1) is 16.8. The van der Waals surface area contributed by atoms with Crippen LogP contribution in [0, 0.1) is 0 Å². The Hall–Kier alpha value is -2.04. The van der Waals surface area contributed by atoms with Crippen LogP contribution in [0.1, 0.15) is 29.3 Å². The quantitative estimate of drug-likeness (QED) is 0.870. The van der Waals surface area contributed by atoms with Crippen LogP contribution in [0.15, 0.2) is 36.4 Å². The standard InChI is InChI=1S/C18H16Cl2N2O2/c1-2-22-16-5-4-15(9-11(16)3-6-17(22)23)21-18(24)12-7-13(19)10-14(20)8-12/h4-5,7-10H,2-3,6H2,1H3,(H,21,24). The Bertz CT molecular complexity index is 800. The van der Waals surface area contributed by atoms with Crippen LogP contribution >= 0.6 is 23.2 Å². The van der Waals surface area contributed by atoms with Gasteiger partial charge >= 0.3 is 0 Å². The topological polar surface area (TPSA) is 49.4 Å². The Morgan fingerprint density at radius 3 is 2.50 bits per heavy atom. The first-order chi connectivity index (χ1) is 11.5. The van der Waals surface area contributed by atoms with Crippen molar-refractivity contribution in [2.45, 2.75) is 19.8 Å². The molecule has 1 N–H and O–H groups in total. The number of anilines is 2. The van der Waals surface area contributed by atoms with E-state index in [1.807, 2.05) is 19.1 Å². The smallest absolute Gasteiger partial charge is 0.255 e. The summed E-state index contributed by atoms with van der Waals surface area (Å²) in [6.45, 7) is 2.59. The van der Waals surface area contributed by atoms with Crippen molar-refractivity contribution in [2.24, 2.45) is 0 Å². The highest BCUT2D eigenvalue weighted by molar-refractivity contribution is 6.35. The van der Waals surface area contributed by atoms with Crippen LogP contribution in [0.4, 0.5) is 11.4 Å². The lowest BCUT2D eigenvalue weighted by Crippen LogP contribution is -2.34. The molecule has 24 heavy (non-hydrogen) atoms. The van der Waals surface area contributed by atoms with E-state index < -0.39 is 0 Å². The molecule has 1 aliphatic heterocycles. The number of hydrogen-bond acceptors (Lipinski definition) is 2. The van der Waals surface area contributed by atoms with Gasteiger partial charge in [-0.3, -0.25) is 9.59 Å². The number of fused-ring (bicyclic) bond motifs is 1. The van der Waals surface area contributed by atoms with E-state index in [0.29, 0.717) is 40.7 Å². The summed E-state index contributed by atoms with van der Waals surface area (Å²) in [5.41, 5.74) is 3.05. The van der Waals surface area contributed by atoms with E-state index in [0.717, 1.165) is 11.3 Å². The summed E-state index contributed by atoms with van der Waals surface area (Å²) in [7, 11) is 0. The second kappa shape index (κ2) is 6.83. The first-order valence-corrected chi connectivity index (χ1v) is 8.44. The molecular formula is C18H16Cl2N2O2. The lowest BCUT2D eigenvalue weighted by Gasteiger charge is -2.28. The molecule has 4 nitrogen and oxygen atoms in total. The van der Waals surface area contributed by atoms with Crippen molar-refractivity contribution >= 4 is 46.4 Å². The van der Waals surface area contributed by atoms with Gasteiger partial charge in [0, 0.05) is 39.9 Å². The van der Waals surface area contributed by atoms with Gasteiger partial charge in [-0.15, -0.1) is 0 Å². The molecule has 0 aliphatic carbocycles. The molecule has 0 unspecified atom stereocenters. The summed E-state index contributed by atoms with van der Waals surface area (Å²) < 4.78 is 0. The summed E-state index contributed by atoms with van der Waals surface area (Å²) in [4.78, 5) is 26.1. The average molecular weight is 363 g/mol. The molecule has 124 valence electrons. The highest BCUT2D eigenvalue weighted by atomic mass is 35.5. The van der Waals surface area contributed by atoms with Crippen molar-refractivity contribution in [2.75, 3.05) is 16.8 Å². The maximum Gasteiger partial charge on any atom is 0.255 e. The molecule has 0 saturated heterocycles. The molecule has 0 atom stereocenters. The Morgan fingerprint density at radius 1 is 1.12 bits per heavy atom. The SMILES string of the molecule is CCN1C(=O)CCc2cc(NC(=O)c3cc(Cl)cc(Cl)c3)ccc21. The highest BCUT2D eigenvalue weighted by Gasteiger charge is 2.23. The van der Waals surface area contributed by atoms with E-state index in [9.17, 15) is 9.59 Å². The van der Waals surface area contributed by atoms with E-state index in [1.165, 1.54) is 0 Å². The molecule has 0 aromatic heterocycles. The number of halogens is 2. The Kier molecular flexibility index (Phi) is 4.78. The number of aryl methyl sites for hydroxylation is 1. The Balaban J connectivity index is 1.84. The molecule has 2 amide bonds. The molecule has 6 heteroatoms. The summed E-state index contributed by atoms with van der Waals surface area (Å²) in [5, 5.41) is 3.67. The molecular weight excluding hydrogens is 347 g/mol. The van der Waals surface area contributed by atoms with Crippen LogP contribution in [0.5, 0.6) is 0 Å². The van der Waals surface area contributed by atoms with Gasteiger partial charge in [0.25, 0.3) is 5.91 Å². The Labute approximate surface area is 150 Å². The van der Waals surface area contributed by atoms with E-state index in [2.05, 4.69) is 5.32 Å². The fourth-order valence-electron chi connectivity index (χ4n) is 2.87. The van der Waals surface area contributed by atoms with Crippen molar-refractivity contribution in [3.05, 3.63) is 57.6 Å². The normalized spacial score (nSPS) is 13.6. The van der Waals surface area contributed by atoms with Gasteiger partial charge in [-0.25, -0.2) is 0 Å². The van der Waals surface area contributed by atoms with Crippen molar-refractivity contribution in [3.63, 3.8) is 0 Å². The Morgan fingerprint density at radius 2 is 1.83 bits per heavy atom. The minimum absolute atomic E-state index is 0.135. The van der Waals surface area contributed by atoms with Gasteiger partial charge in [-0.05, 0) is 55.3 Å². The number of carbonyl (C=O) groups excluding carboxylic acids is 2. The fourth-order valence-corrected chi connectivity index (χ4v) is 3.40. The summed E-state index contributed by atoms with van der Waals surface area (Å²) in [6, 6.07) is 10.3. The third-order valence-corrected chi connectivity index (χ3v) is 4.41. The number of amides is 2. The molecule has 0 bridgehead atoms. The zero-order valence-corrected chi connectivity index (χ0v) is 14.6. The largest absolute Gasteiger partial charge is 0.322 e. The van der Waals surface area contributed by atoms with Gasteiger partial charge in [0.1, 0.15) is 0 Å². The molecule has 1 aliphatic rings. The predicted octanol–water partition coefficient (Wildman–Crippen LogP) is 4.54. The zero-order valence-electron chi connectivity index (χ0n) is 13.1. The monoisotopic (exact) mass is 362 g/mol. The number of nitrogens with zero attached hydrogens (tertiary/aromatic N) is 1. The number of nitrogens with one attached hydrogen (secondary N) is 1. The molecule has 2 aromatic carbocycles. The van der Waals surface area contributed by atoms with Crippen LogP contribution in [0.2, 0.25) is 10.0 Å². The molecule has 0 fully saturated rings. The third kappa shape index (κ3) is 3.40. The molecule has 0 saturated carbocycles. The van der Waals surface area contributed by atoms with E-state index in [4.69, 9.17) is 23.2 Å². The summed E-state index contributed by atoms with van der Waals surface area (Å²) in [6.07, 6.45) is 1.17. The number of hydrogen-bond donors (Lipinski definition) is 1. The van der Waals surface area contributed by atoms with Crippen molar-refractivity contribution < 1.29 is 9.59 Å².